The standard InChI is InChI=1S/C10H14N5O5P/c11-9-8-10(13-3-12-9)15(4-14-8)6-1-19-2-7(6)20-5-21(16,17)18/h3-4,6-7H,1-2,5H2,(H2,11,12,13)(H2,16,17,18)/t6-,7+/m1/s1. The monoisotopic (exact) mass is 315 g/mol. The van der Waals surface area contributed by atoms with E-state index in [4.69, 9.17) is 25.0 Å². The first-order valence-electron chi connectivity index (χ1n) is 6.12. The first-order valence-corrected chi connectivity index (χ1v) is 7.92. The summed E-state index contributed by atoms with van der Waals surface area (Å²) in [6.45, 7) is 0.575. The molecule has 0 unspecified atom stereocenters. The van der Waals surface area contributed by atoms with E-state index in [-0.39, 0.29) is 18.5 Å². The fraction of sp³-hybridized carbons (Fsp3) is 0.500. The number of nitrogens with two attached hydrogens (primary N) is 1. The second-order valence-electron chi connectivity index (χ2n) is 4.69. The van der Waals surface area contributed by atoms with Gasteiger partial charge in [0.25, 0.3) is 0 Å². The molecule has 0 amide bonds. The molecule has 2 aromatic rings. The van der Waals surface area contributed by atoms with Crippen LogP contribution in [0, 0.1) is 0 Å². The minimum Gasteiger partial charge on any atom is -0.382 e. The van der Waals surface area contributed by atoms with E-state index in [2.05, 4.69) is 15.0 Å². The Hall–Kier alpha value is -1.58. The molecule has 0 aromatic carbocycles. The van der Waals surface area contributed by atoms with Crippen LogP contribution in [0.25, 0.3) is 11.2 Å². The summed E-state index contributed by atoms with van der Waals surface area (Å²) >= 11 is 0. The number of fused-ring (bicyclic) bond motifs is 1. The molecular formula is C10H14N5O5P. The summed E-state index contributed by atoms with van der Waals surface area (Å²) in [6.07, 6.45) is 1.73. The molecule has 114 valence electrons. The van der Waals surface area contributed by atoms with Crippen molar-refractivity contribution in [2.45, 2.75) is 12.1 Å². The number of imidazole rings is 1. The van der Waals surface area contributed by atoms with Crippen molar-refractivity contribution in [2.24, 2.45) is 0 Å². The third-order valence-electron chi connectivity index (χ3n) is 3.20. The number of nitrogens with zero attached hydrogens (tertiary/aromatic N) is 4. The Labute approximate surface area is 119 Å². The summed E-state index contributed by atoms with van der Waals surface area (Å²) in [5.41, 5.74) is 6.73. The largest absolute Gasteiger partial charge is 0.382 e. The lowest BCUT2D eigenvalue weighted by Gasteiger charge is -2.20. The summed E-state index contributed by atoms with van der Waals surface area (Å²) in [5, 5.41) is 0. The van der Waals surface area contributed by atoms with E-state index in [1.807, 2.05) is 0 Å². The van der Waals surface area contributed by atoms with E-state index in [0.717, 1.165) is 0 Å². The molecule has 2 aromatic heterocycles. The molecule has 0 radical (unpaired) electrons. The van der Waals surface area contributed by atoms with Crippen LogP contribution in [0.3, 0.4) is 0 Å². The van der Waals surface area contributed by atoms with Crippen molar-refractivity contribution in [2.75, 3.05) is 25.3 Å². The lowest BCUT2D eigenvalue weighted by atomic mass is 10.2. The molecule has 3 rings (SSSR count). The Bertz CT molecular complexity index is 700. The molecule has 4 N–H and O–H groups in total. The first-order chi connectivity index (χ1) is 9.96. The van der Waals surface area contributed by atoms with E-state index in [9.17, 15) is 4.57 Å². The number of hydrogen-bond donors (Lipinski definition) is 3. The quantitative estimate of drug-likeness (QED) is 0.635. The SMILES string of the molecule is Nc1ncnc2c1ncn2[C@@H]1COC[C@@H]1OCP(=O)(O)O. The van der Waals surface area contributed by atoms with Crippen LogP contribution in [0.2, 0.25) is 0 Å². The number of anilines is 1. The average Bonchev–Trinajstić information content (AvgIpc) is 3.01. The Kier molecular flexibility index (Phi) is 3.64. The van der Waals surface area contributed by atoms with E-state index in [0.29, 0.717) is 17.8 Å². The summed E-state index contributed by atoms with van der Waals surface area (Å²) < 4.78 is 23.2. The van der Waals surface area contributed by atoms with Gasteiger partial charge in [0.05, 0.1) is 25.6 Å². The van der Waals surface area contributed by atoms with Crippen LogP contribution in [0.4, 0.5) is 5.82 Å². The summed E-state index contributed by atoms with van der Waals surface area (Å²) in [7, 11) is -4.23. The molecule has 3 heterocycles. The molecule has 0 saturated carbocycles. The van der Waals surface area contributed by atoms with Crippen LogP contribution in [0.1, 0.15) is 6.04 Å². The predicted molar refractivity (Wildman–Crippen MR) is 71.4 cm³/mol. The highest BCUT2D eigenvalue weighted by Crippen LogP contribution is 2.36. The third-order valence-corrected chi connectivity index (χ3v) is 3.69. The van der Waals surface area contributed by atoms with Crippen LogP contribution < -0.4 is 5.73 Å². The maximum Gasteiger partial charge on any atom is 0.350 e. The molecule has 2 atom stereocenters. The predicted octanol–water partition coefficient (Wildman–Crippen LogP) is -0.500. The minimum atomic E-state index is -4.23. The van der Waals surface area contributed by atoms with Crippen LogP contribution >= 0.6 is 7.60 Å². The van der Waals surface area contributed by atoms with Crippen molar-refractivity contribution in [3.8, 4) is 0 Å². The smallest absolute Gasteiger partial charge is 0.350 e. The maximum absolute atomic E-state index is 10.9. The molecular weight excluding hydrogens is 301 g/mol. The summed E-state index contributed by atoms with van der Waals surface area (Å²) in [5.74, 6) is 0.269. The Morgan fingerprint density at radius 1 is 1.43 bits per heavy atom. The van der Waals surface area contributed by atoms with Crippen molar-refractivity contribution in [1.82, 2.24) is 19.5 Å². The maximum atomic E-state index is 10.9. The highest BCUT2D eigenvalue weighted by atomic mass is 31.2. The van der Waals surface area contributed by atoms with Gasteiger partial charge in [-0.3, -0.25) is 4.57 Å². The van der Waals surface area contributed by atoms with Crippen molar-refractivity contribution in [1.29, 1.82) is 0 Å². The zero-order chi connectivity index (χ0) is 15.0. The van der Waals surface area contributed by atoms with Gasteiger partial charge in [-0.15, -0.1) is 0 Å². The molecule has 0 bridgehead atoms. The van der Waals surface area contributed by atoms with Gasteiger partial charge in [-0.25, -0.2) is 15.0 Å². The minimum absolute atomic E-state index is 0.241. The second-order valence-corrected chi connectivity index (χ2v) is 6.27. The van der Waals surface area contributed by atoms with Gasteiger partial charge < -0.3 is 29.6 Å². The molecule has 0 spiro atoms. The zero-order valence-corrected chi connectivity index (χ0v) is 11.8. The molecule has 0 aliphatic carbocycles. The fourth-order valence-electron chi connectivity index (χ4n) is 2.25. The van der Waals surface area contributed by atoms with Crippen molar-refractivity contribution in [3.63, 3.8) is 0 Å². The van der Waals surface area contributed by atoms with Crippen LogP contribution in [-0.2, 0) is 14.0 Å². The molecule has 1 aliphatic rings. The number of ether oxygens (including phenoxy) is 2. The van der Waals surface area contributed by atoms with Crippen LogP contribution in [0.15, 0.2) is 12.7 Å². The summed E-state index contributed by atoms with van der Waals surface area (Å²) in [4.78, 5) is 29.9. The van der Waals surface area contributed by atoms with Gasteiger partial charge in [-0.1, -0.05) is 0 Å². The van der Waals surface area contributed by atoms with Gasteiger partial charge in [0.1, 0.15) is 24.3 Å². The third kappa shape index (κ3) is 2.89. The van der Waals surface area contributed by atoms with Crippen molar-refractivity contribution >= 4 is 24.6 Å². The van der Waals surface area contributed by atoms with E-state index in [1.54, 1.807) is 10.9 Å². The van der Waals surface area contributed by atoms with Gasteiger partial charge in [0.15, 0.2) is 11.5 Å². The lowest BCUT2D eigenvalue weighted by Crippen LogP contribution is -2.25. The van der Waals surface area contributed by atoms with Crippen LogP contribution in [0.5, 0.6) is 0 Å². The Balaban J connectivity index is 1.87. The topological polar surface area (TPSA) is 146 Å². The molecule has 21 heavy (non-hydrogen) atoms. The highest BCUT2D eigenvalue weighted by Gasteiger charge is 2.33. The fourth-order valence-corrected chi connectivity index (χ4v) is 2.63. The van der Waals surface area contributed by atoms with Gasteiger partial charge in [-0.2, -0.15) is 0 Å². The summed E-state index contributed by atoms with van der Waals surface area (Å²) in [6, 6.07) is -0.282. The van der Waals surface area contributed by atoms with Gasteiger partial charge in [0, 0.05) is 0 Å². The number of hydrogen-bond acceptors (Lipinski definition) is 7. The molecule has 1 fully saturated rings. The van der Waals surface area contributed by atoms with E-state index >= 15 is 0 Å². The molecule has 10 nitrogen and oxygen atoms in total. The van der Waals surface area contributed by atoms with Crippen molar-refractivity contribution < 1.29 is 23.8 Å². The lowest BCUT2D eigenvalue weighted by molar-refractivity contribution is 0.0476. The molecule has 11 heteroatoms. The highest BCUT2D eigenvalue weighted by molar-refractivity contribution is 7.51. The average molecular weight is 315 g/mol. The second kappa shape index (κ2) is 5.32. The van der Waals surface area contributed by atoms with E-state index < -0.39 is 20.0 Å². The first kappa shape index (κ1) is 14.4. The molecule has 1 aliphatic heterocycles. The zero-order valence-electron chi connectivity index (χ0n) is 10.9. The van der Waals surface area contributed by atoms with Gasteiger partial charge >= 0.3 is 7.60 Å². The van der Waals surface area contributed by atoms with Crippen molar-refractivity contribution in [3.05, 3.63) is 12.7 Å². The Morgan fingerprint density at radius 3 is 3.00 bits per heavy atom. The van der Waals surface area contributed by atoms with Crippen LogP contribution in [-0.4, -0.2) is 55.0 Å². The number of rotatable bonds is 4. The Morgan fingerprint density at radius 2 is 2.24 bits per heavy atom. The van der Waals surface area contributed by atoms with E-state index in [1.165, 1.54) is 6.33 Å². The number of aromatic nitrogens is 4. The molecule has 1 saturated heterocycles. The van der Waals surface area contributed by atoms with Gasteiger partial charge in [0.2, 0.25) is 0 Å². The van der Waals surface area contributed by atoms with Gasteiger partial charge in [-0.05, 0) is 0 Å². The number of nitrogen functional groups attached to an aromatic ring is 1. The normalized spacial score (nSPS) is 23.0.